The van der Waals surface area contributed by atoms with Crippen molar-refractivity contribution in [1.29, 1.82) is 0 Å². The van der Waals surface area contributed by atoms with Crippen LogP contribution < -0.4 is 10.9 Å². The number of nitrogens with zero attached hydrogens (tertiary/aromatic N) is 1. The summed E-state index contributed by atoms with van der Waals surface area (Å²) in [7, 11) is 0. The topological polar surface area (TPSA) is 70.9 Å². The Balaban J connectivity index is 1.83. The molecule has 0 atom stereocenters. The highest BCUT2D eigenvalue weighted by molar-refractivity contribution is 5.72. The standard InChI is InChI=1S/C16H16FN3O2/c1-3-10-6-13(16(21)19-9(10)2)18-8-15-20-12-7-11(17)4-5-14(12)22-15/h4-7,18H,3,8H2,1-2H3,(H,19,21). The number of hydrogen-bond acceptors (Lipinski definition) is 4. The smallest absolute Gasteiger partial charge is 0.271 e. The average Bonchev–Trinajstić information content (AvgIpc) is 2.88. The number of fused-ring (bicyclic) bond motifs is 1. The molecule has 0 bridgehead atoms. The minimum atomic E-state index is -0.358. The monoisotopic (exact) mass is 301 g/mol. The molecule has 1 aromatic carbocycles. The van der Waals surface area contributed by atoms with Gasteiger partial charge in [-0.1, -0.05) is 6.92 Å². The average molecular weight is 301 g/mol. The fraction of sp³-hybridized carbons (Fsp3) is 0.250. The van der Waals surface area contributed by atoms with Gasteiger partial charge in [-0.3, -0.25) is 4.79 Å². The lowest BCUT2D eigenvalue weighted by molar-refractivity contribution is 0.540. The molecule has 0 saturated heterocycles. The van der Waals surface area contributed by atoms with Gasteiger partial charge in [0.2, 0.25) is 5.89 Å². The van der Waals surface area contributed by atoms with Crippen LogP contribution in [-0.4, -0.2) is 9.97 Å². The number of anilines is 1. The molecule has 0 radical (unpaired) electrons. The van der Waals surface area contributed by atoms with Gasteiger partial charge in [-0.05, 0) is 37.1 Å². The van der Waals surface area contributed by atoms with E-state index in [9.17, 15) is 9.18 Å². The van der Waals surface area contributed by atoms with Crippen molar-refractivity contribution in [1.82, 2.24) is 9.97 Å². The zero-order valence-corrected chi connectivity index (χ0v) is 12.4. The Morgan fingerprint density at radius 3 is 2.95 bits per heavy atom. The normalized spacial score (nSPS) is 11.0. The van der Waals surface area contributed by atoms with Gasteiger partial charge < -0.3 is 14.7 Å². The highest BCUT2D eigenvalue weighted by atomic mass is 19.1. The summed E-state index contributed by atoms with van der Waals surface area (Å²) in [5, 5.41) is 3.01. The minimum absolute atomic E-state index is 0.183. The predicted octanol–water partition coefficient (Wildman–Crippen LogP) is 3.14. The van der Waals surface area contributed by atoms with E-state index in [0.29, 0.717) is 22.7 Å². The molecule has 22 heavy (non-hydrogen) atoms. The van der Waals surface area contributed by atoms with Crippen LogP contribution in [0.1, 0.15) is 24.1 Å². The summed E-state index contributed by atoms with van der Waals surface area (Å²) in [6, 6.07) is 6.00. The maximum atomic E-state index is 13.1. The Bertz CT molecular complexity index is 883. The summed E-state index contributed by atoms with van der Waals surface area (Å²) in [4.78, 5) is 18.9. The number of aromatic amines is 1. The molecule has 3 rings (SSSR count). The van der Waals surface area contributed by atoms with Crippen LogP contribution in [0.3, 0.4) is 0 Å². The van der Waals surface area contributed by atoms with Crippen LogP contribution in [0.15, 0.2) is 33.5 Å². The van der Waals surface area contributed by atoms with Crippen LogP contribution >= 0.6 is 0 Å². The van der Waals surface area contributed by atoms with Gasteiger partial charge in [0.05, 0.1) is 6.54 Å². The van der Waals surface area contributed by atoms with E-state index in [1.807, 2.05) is 19.9 Å². The van der Waals surface area contributed by atoms with E-state index in [4.69, 9.17) is 4.42 Å². The molecule has 0 spiro atoms. The van der Waals surface area contributed by atoms with Gasteiger partial charge in [-0.25, -0.2) is 9.37 Å². The van der Waals surface area contributed by atoms with Crippen molar-refractivity contribution in [3.63, 3.8) is 0 Å². The number of H-pyrrole nitrogens is 1. The molecular formula is C16H16FN3O2. The SMILES string of the molecule is CCc1cc(NCc2nc3cc(F)ccc3o2)c(=O)[nH]c1C. The van der Waals surface area contributed by atoms with E-state index < -0.39 is 0 Å². The molecule has 0 unspecified atom stereocenters. The minimum Gasteiger partial charge on any atom is -0.439 e. The van der Waals surface area contributed by atoms with Crippen LogP contribution in [0.25, 0.3) is 11.1 Å². The number of nitrogens with one attached hydrogen (secondary N) is 2. The van der Waals surface area contributed by atoms with Crippen molar-refractivity contribution in [2.24, 2.45) is 0 Å². The number of benzene rings is 1. The molecule has 0 aliphatic carbocycles. The summed E-state index contributed by atoms with van der Waals surface area (Å²) in [5.41, 5.74) is 3.21. The molecule has 2 aromatic heterocycles. The van der Waals surface area contributed by atoms with Crippen molar-refractivity contribution in [3.8, 4) is 0 Å². The molecule has 0 aliphatic heterocycles. The third-order valence-corrected chi connectivity index (χ3v) is 3.55. The van der Waals surface area contributed by atoms with Gasteiger partial charge in [0.25, 0.3) is 5.56 Å². The number of halogens is 1. The molecule has 2 heterocycles. The highest BCUT2D eigenvalue weighted by Crippen LogP contribution is 2.17. The molecule has 114 valence electrons. The van der Waals surface area contributed by atoms with E-state index in [2.05, 4.69) is 15.3 Å². The van der Waals surface area contributed by atoms with Crippen LogP contribution in [0.4, 0.5) is 10.1 Å². The second-order valence-corrected chi connectivity index (χ2v) is 5.09. The zero-order valence-electron chi connectivity index (χ0n) is 12.4. The van der Waals surface area contributed by atoms with Crippen LogP contribution in [-0.2, 0) is 13.0 Å². The molecule has 0 amide bonds. The fourth-order valence-corrected chi connectivity index (χ4v) is 2.36. The number of pyridine rings is 1. The third-order valence-electron chi connectivity index (χ3n) is 3.55. The molecule has 0 fully saturated rings. The second-order valence-electron chi connectivity index (χ2n) is 5.09. The second kappa shape index (κ2) is 5.63. The molecular weight excluding hydrogens is 285 g/mol. The Hall–Kier alpha value is -2.63. The molecule has 2 N–H and O–H groups in total. The largest absolute Gasteiger partial charge is 0.439 e. The van der Waals surface area contributed by atoms with E-state index in [1.54, 1.807) is 0 Å². The molecule has 0 aliphatic rings. The fourth-order valence-electron chi connectivity index (χ4n) is 2.36. The van der Waals surface area contributed by atoms with Crippen LogP contribution in [0, 0.1) is 12.7 Å². The van der Waals surface area contributed by atoms with Gasteiger partial charge in [0, 0.05) is 11.8 Å². The first kappa shape index (κ1) is 14.3. The lowest BCUT2D eigenvalue weighted by Crippen LogP contribution is -2.16. The Morgan fingerprint density at radius 1 is 1.36 bits per heavy atom. The molecule has 5 nitrogen and oxygen atoms in total. The zero-order chi connectivity index (χ0) is 15.7. The van der Waals surface area contributed by atoms with Gasteiger partial charge in [-0.15, -0.1) is 0 Å². The van der Waals surface area contributed by atoms with Crippen LogP contribution in [0.5, 0.6) is 0 Å². The van der Waals surface area contributed by atoms with Crippen molar-refractivity contribution in [2.45, 2.75) is 26.8 Å². The lowest BCUT2D eigenvalue weighted by atomic mass is 10.1. The number of aryl methyl sites for hydroxylation is 2. The van der Waals surface area contributed by atoms with Crippen molar-refractivity contribution >= 4 is 16.8 Å². The Labute approximate surface area is 126 Å². The van der Waals surface area contributed by atoms with Crippen molar-refractivity contribution in [2.75, 3.05) is 5.32 Å². The first-order chi connectivity index (χ1) is 10.6. The maximum Gasteiger partial charge on any atom is 0.271 e. The summed E-state index contributed by atoms with van der Waals surface area (Å²) < 4.78 is 18.6. The molecule has 0 saturated carbocycles. The van der Waals surface area contributed by atoms with E-state index in [0.717, 1.165) is 17.7 Å². The number of oxazole rings is 1. The van der Waals surface area contributed by atoms with E-state index in [1.165, 1.54) is 18.2 Å². The summed E-state index contributed by atoms with van der Waals surface area (Å²) in [6.07, 6.45) is 0.833. The van der Waals surface area contributed by atoms with Crippen LogP contribution in [0.2, 0.25) is 0 Å². The molecule has 3 aromatic rings. The van der Waals surface area contributed by atoms with Gasteiger partial charge in [0.1, 0.15) is 17.0 Å². The number of hydrogen-bond donors (Lipinski definition) is 2. The van der Waals surface area contributed by atoms with E-state index >= 15 is 0 Å². The number of aromatic nitrogens is 2. The summed E-state index contributed by atoms with van der Waals surface area (Å²) in [5.74, 6) is 0.0431. The van der Waals surface area contributed by atoms with Gasteiger partial charge in [-0.2, -0.15) is 0 Å². The van der Waals surface area contributed by atoms with E-state index in [-0.39, 0.29) is 17.9 Å². The Morgan fingerprint density at radius 2 is 2.18 bits per heavy atom. The first-order valence-electron chi connectivity index (χ1n) is 7.08. The first-order valence-corrected chi connectivity index (χ1v) is 7.08. The molecule has 6 heteroatoms. The quantitative estimate of drug-likeness (QED) is 0.776. The van der Waals surface area contributed by atoms with Gasteiger partial charge >= 0.3 is 0 Å². The maximum absolute atomic E-state index is 13.1. The third kappa shape index (κ3) is 2.72. The predicted molar refractivity (Wildman–Crippen MR) is 82.5 cm³/mol. The summed E-state index contributed by atoms with van der Waals surface area (Å²) in [6.45, 7) is 4.16. The number of rotatable bonds is 4. The summed E-state index contributed by atoms with van der Waals surface area (Å²) >= 11 is 0. The van der Waals surface area contributed by atoms with Gasteiger partial charge in [0.15, 0.2) is 5.58 Å². The lowest BCUT2D eigenvalue weighted by Gasteiger charge is -2.07. The van der Waals surface area contributed by atoms with Crippen molar-refractivity contribution < 1.29 is 8.81 Å². The Kier molecular flexibility index (Phi) is 3.66. The highest BCUT2D eigenvalue weighted by Gasteiger charge is 2.09. The van der Waals surface area contributed by atoms with Crippen molar-refractivity contribution in [3.05, 3.63) is 57.6 Å².